The molecule has 0 saturated carbocycles. The Bertz CT molecular complexity index is 587. The van der Waals surface area contributed by atoms with E-state index in [0.717, 1.165) is 17.0 Å². The highest BCUT2D eigenvalue weighted by molar-refractivity contribution is 6.31. The SMILES string of the molecule is CCN(CC)C(=O)CN(C(C)=O)c1ccc(Cl)c(C(F)(F)F)c1. The van der Waals surface area contributed by atoms with Gasteiger partial charge in [0.15, 0.2) is 0 Å². The number of nitrogens with zero attached hydrogens (tertiary/aromatic N) is 2. The number of amides is 2. The largest absolute Gasteiger partial charge is 0.417 e. The summed E-state index contributed by atoms with van der Waals surface area (Å²) in [5.41, 5.74) is -1.06. The smallest absolute Gasteiger partial charge is 0.342 e. The third-order valence-corrected chi connectivity index (χ3v) is 3.69. The van der Waals surface area contributed by atoms with Crippen molar-refractivity contribution in [3.05, 3.63) is 28.8 Å². The number of rotatable bonds is 5. The van der Waals surface area contributed by atoms with Gasteiger partial charge in [0.25, 0.3) is 0 Å². The van der Waals surface area contributed by atoms with Crippen molar-refractivity contribution >= 4 is 29.1 Å². The Balaban J connectivity index is 3.17. The summed E-state index contributed by atoms with van der Waals surface area (Å²) in [6.45, 7) is 5.34. The Kier molecular flexibility index (Phi) is 6.44. The van der Waals surface area contributed by atoms with Gasteiger partial charge in [0.05, 0.1) is 10.6 Å². The molecule has 0 aliphatic rings. The summed E-state index contributed by atoms with van der Waals surface area (Å²) in [5, 5.41) is -0.458. The van der Waals surface area contributed by atoms with Crippen LogP contribution in [0.5, 0.6) is 0 Å². The minimum absolute atomic E-state index is 0.0188. The molecule has 0 radical (unpaired) electrons. The molecule has 4 nitrogen and oxygen atoms in total. The van der Waals surface area contributed by atoms with Crippen LogP contribution in [0.1, 0.15) is 26.3 Å². The van der Waals surface area contributed by atoms with Crippen LogP contribution in [-0.2, 0) is 15.8 Å². The average molecular weight is 351 g/mol. The van der Waals surface area contributed by atoms with Gasteiger partial charge < -0.3 is 9.80 Å². The molecule has 0 aliphatic carbocycles. The molecule has 0 saturated heterocycles. The number of benzene rings is 1. The Hall–Kier alpha value is -1.76. The maximum Gasteiger partial charge on any atom is 0.417 e. The fourth-order valence-electron chi connectivity index (χ4n) is 2.09. The highest BCUT2D eigenvalue weighted by Crippen LogP contribution is 2.37. The molecule has 0 spiro atoms. The average Bonchev–Trinajstić information content (AvgIpc) is 2.45. The van der Waals surface area contributed by atoms with E-state index < -0.39 is 22.7 Å². The summed E-state index contributed by atoms with van der Waals surface area (Å²) < 4.78 is 38.8. The van der Waals surface area contributed by atoms with Crippen LogP contribution in [-0.4, -0.2) is 36.3 Å². The molecule has 1 rings (SSSR count). The lowest BCUT2D eigenvalue weighted by atomic mass is 10.1. The minimum atomic E-state index is -4.64. The van der Waals surface area contributed by atoms with E-state index in [1.807, 2.05) is 0 Å². The van der Waals surface area contributed by atoms with Gasteiger partial charge in [-0.2, -0.15) is 13.2 Å². The third kappa shape index (κ3) is 4.86. The second-order valence-electron chi connectivity index (χ2n) is 4.83. The van der Waals surface area contributed by atoms with Gasteiger partial charge in [0.1, 0.15) is 6.54 Å². The molecule has 8 heteroatoms. The third-order valence-electron chi connectivity index (χ3n) is 3.36. The molecule has 0 unspecified atom stereocenters. The van der Waals surface area contributed by atoms with E-state index in [1.165, 1.54) is 17.9 Å². The number of anilines is 1. The first-order valence-corrected chi connectivity index (χ1v) is 7.42. The maximum absolute atomic E-state index is 12.9. The van der Waals surface area contributed by atoms with Crippen LogP contribution in [0, 0.1) is 0 Å². The summed E-state index contributed by atoms with van der Waals surface area (Å²) >= 11 is 5.57. The molecular formula is C15H18ClF3N2O2. The van der Waals surface area contributed by atoms with E-state index in [0.29, 0.717) is 13.1 Å². The lowest BCUT2D eigenvalue weighted by Crippen LogP contribution is -2.42. The molecule has 0 bridgehead atoms. The van der Waals surface area contributed by atoms with E-state index in [9.17, 15) is 22.8 Å². The first-order chi connectivity index (χ1) is 10.6. The molecule has 0 aliphatic heterocycles. The Morgan fingerprint density at radius 3 is 2.17 bits per heavy atom. The van der Waals surface area contributed by atoms with Gasteiger partial charge in [-0.3, -0.25) is 9.59 Å². The van der Waals surface area contributed by atoms with Crippen molar-refractivity contribution in [2.24, 2.45) is 0 Å². The minimum Gasteiger partial charge on any atom is -0.342 e. The molecule has 128 valence electrons. The van der Waals surface area contributed by atoms with Gasteiger partial charge in [-0.1, -0.05) is 11.6 Å². The van der Waals surface area contributed by atoms with Gasteiger partial charge in [-0.05, 0) is 32.0 Å². The summed E-state index contributed by atoms with van der Waals surface area (Å²) in [6.07, 6.45) is -4.64. The topological polar surface area (TPSA) is 40.6 Å². The van der Waals surface area contributed by atoms with Crippen molar-refractivity contribution in [2.45, 2.75) is 26.9 Å². The highest BCUT2D eigenvalue weighted by atomic mass is 35.5. The molecule has 0 heterocycles. The van der Waals surface area contributed by atoms with E-state index >= 15 is 0 Å². The van der Waals surface area contributed by atoms with E-state index in [4.69, 9.17) is 11.6 Å². The number of alkyl halides is 3. The zero-order valence-electron chi connectivity index (χ0n) is 13.1. The zero-order chi connectivity index (χ0) is 17.8. The summed E-state index contributed by atoms with van der Waals surface area (Å²) in [4.78, 5) is 26.4. The normalized spacial score (nSPS) is 11.3. The summed E-state index contributed by atoms with van der Waals surface area (Å²) in [5.74, 6) is -0.866. The van der Waals surface area contributed by atoms with Gasteiger partial charge in [-0.25, -0.2) is 0 Å². The van der Waals surface area contributed by atoms with Gasteiger partial charge in [0.2, 0.25) is 11.8 Å². The first kappa shape index (κ1) is 19.3. The molecule has 0 aromatic heterocycles. The van der Waals surface area contributed by atoms with E-state index in [-0.39, 0.29) is 18.1 Å². The number of carbonyl (C=O) groups is 2. The predicted molar refractivity (Wildman–Crippen MR) is 82.4 cm³/mol. The number of likely N-dealkylation sites (N-methyl/N-ethyl adjacent to an activating group) is 1. The van der Waals surface area contributed by atoms with Crippen LogP contribution in [0.2, 0.25) is 5.02 Å². The number of hydrogen-bond donors (Lipinski definition) is 0. The summed E-state index contributed by atoms with van der Waals surface area (Å²) in [6, 6.07) is 3.13. The quantitative estimate of drug-likeness (QED) is 0.814. The van der Waals surface area contributed by atoms with Crippen LogP contribution >= 0.6 is 11.6 Å². The van der Waals surface area contributed by atoms with Crippen molar-refractivity contribution in [3.8, 4) is 0 Å². The van der Waals surface area contributed by atoms with Crippen LogP contribution < -0.4 is 4.90 Å². The number of carbonyl (C=O) groups excluding carboxylic acids is 2. The van der Waals surface area contributed by atoms with Crippen LogP contribution in [0.4, 0.5) is 18.9 Å². The van der Waals surface area contributed by atoms with Crippen molar-refractivity contribution in [1.29, 1.82) is 0 Å². The second kappa shape index (κ2) is 7.68. The van der Waals surface area contributed by atoms with Crippen molar-refractivity contribution in [3.63, 3.8) is 0 Å². The lowest BCUT2D eigenvalue weighted by Gasteiger charge is -2.26. The van der Waals surface area contributed by atoms with Gasteiger partial charge >= 0.3 is 6.18 Å². The number of halogens is 4. The van der Waals surface area contributed by atoms with Gasteiger partial charge in [-0.15, -0.1) is 0 Å². The van der Waals surface area contributed by atoms with Gasteiger partial charge in [0, 0.05) is 25.7 Å². The molecule has 1 aromatic rings. The van der Waals surface area contributed by atoms with E-state index in [2.05, 4.69) is 0 Å². The second-order valence-corrected chi connectivity index (χ2v) is 5.24. The van der Waals surface area contributed by atoms with Crippen LogP contribution in [0.3, 0.4) is 0 Å². The Labute approximate surface area is 137 Å². The fourth-order valence-corrected chi connectivity index (χ4v) is 2.32. The standard InChI is InChI=1S/C15H18ClF3N2O2/c1-4-20(5-2)14(23)9-21(10(3)22)11-6-7-13(16)12(8-11)15(17,18)19/h6-8H,4-5,9H2,1-3H3. The van der Waals surface area contributed by atoms with E-state index in [1.54, 1.807) is 13.8 Å². The molecule has 0 fully saturated rings. The molecular weight excluding hydrogens is 333 g/mol. The molecule has 1 aromatic carbocycles. The first-order valence-electron chi connectivity index (χ1n) is 7.04. The molecule has 2 amide bonds. The van der Waals surface area contributed by atoms with Crippen molar-refractivity contribution in [2.75, 3.05) is 24.5 Å². The zero-order valence-corrected chi connectivity index (χ0v) is 13.8. The number of hydrogen-bond acceptors (Lipinski definition) is 2. The van der Waals surface area contributed by atoms with Crippen LogP contribution in [0.15, 0.2) is 18.2 Å². The molecule has 0 N–H and O–H groups in total. The molecule has 0 atom stereocenters. The fraction of sp³-hybridized carbons (Fsp3) is 0.467. The van der Waals surface area contributed by atoms with Crippen molar-refractivity contribution in [1.82, 2.24) is 4.90 Å². The molecule has 23 heavy (non-hydrogen) atoms. The lowest BCUT2D eigenvalue weighted by molar-refractivity contribution is -0.137. The summed E-state index contributed by atoms with van der Waals surface area (Å²) in [7, 11) is 0. The van der Waals surface area contributed by atoms with Crippen molar-refractivity contribution < 1.29 is 22.8 Å². The Morgan fingerprint density at radius 1 is 1.17 bits per heavy atom. The predicted octanol–water partition coefficient (Wildman–Crippen LogP) is 3.58. The Morgan fingerprint density at radius 2 is 1.74 bits per heavy atom. The monoisotopic (exact) mass is 350 g/mol. The maximum atomic E-state index is 12.9. The van der Waals surface area contributed by atoms with Crippen LogP contribution in [0.25, 0.3) is 0 Å². The highest BCUT2D eigenvalue weighted by Gasteiger charge is 2.34.